The second-order valence-electron chi connectivity index (χ2n) is 14.2. The Balaban J connectivity index is 1.13. The van der Waals surface area contributed by atoms with Crippen LogP contribution in [0.4, 0.5) is 0 Å². The zero-order valence-corrected chi connectivity index (χ0v) is 32.2. The predicted octanol–water partition coefficient (Wildman–Crippen LogP) is 13.3. The highest BCUT2D eigenvalue weighted by Crippen LogP contribution is 2.36. The van der Waals surface area contributed by atoms with Gasteiger partial charge < -0.3 is 4.42 Å². The van der Waals surface area contributed by atoms with Crippen LogP contribution in [0.1, 0.15) is 41.2 Å². The normalized spacial score (nSPS) is 11.9. The van der Waals surface area contributed by atoms with Gasteiger partial charge in [-0.1, -0.05) is 177 Å². The summed E-state index contributed by atoms with van der Waals surface area (Å²) >= 11 is 0. The third kappa shape index (κ3) is 7.54. The fourth-order valence-corrected chi connectivity index (χ4v) is 7.42. The molecule has 0 aliphatic rings. The van der Waals surface area contributed by atoms with Crippen LogP contribution in [0.5, 0.6) is 0 Å². The maximum Gasteiger partial charge on any atom is 0.160 e. The van der Waals surface area contributed by atoms with E-state index in [1.165, 1.54) is 5.56 Å². The minimum absolute atomic E-state index is 0.587. The van der Waals surface area contributed by atoms with Crippen molar-refractivity contribution >= 4 is 39.2 Å². The highest BCUT2D eigenvalue weighted by molar-refractivity contribution is 6.22. The first-order valence-corrected chi connectivity index (χ1v) is 19.6. The van der Waals surface area contributed by atoms with Gasteiger partial charge in [-0.05, 0) is 52.4 Å². The fourth-order valence-electron chi connectivity index (χ4n) is 7.42. The predicted molar refractivity (Wildman–Crippen MR) is 240 cm³/mol. The summed E-state index contributed by atoms with van der Waals surface area (Å²) in [5.74, 6) is 1.29. The lowest BCUT2D eigenvalue weighted by Crippen LogP contribution is -2.07. The molecular formula is C53H40N4O. The van der Waals surface area contributed by atoms with Crippen LogP contribution in [-0.4, -0.2) is 21.5 Å². The Morgan fingerprint density at radius 1 is 0.586 bits per heavy atom. The summed E-state index contributed by atoms with van der Waals surface area (Å²) in [4.78, 5) is 20.3. The molecule has 0 atom stereocenters. The largest absolute Gasteiger partial charge is 0.456 e. The topological polar surface area (TPSA) is 63.6 Å². The Kier molecular flexibility index (Phi) is 10.2. The highest BCUT2D eigenvalue weighted by atomic mass is 16.3. The monoisotopic (exact) mass is 748 g/mol. The van der Waals surface area contributed by atoms with Crippen LogP contribution < -0.4 is 0 Å². The fraction of sp³-hybridized carbons (Fsp3) is 0.0566. The van der Waals surface area contributed by atoms with Gasteiger partial charge in [0, 0.05) is 51.4 Å². The number of hydrogen-bond donors (Lipinski definition) is 0. The van der Waals surface area contributed by atoms with Crippen molar-refractivity contribution in [1.29, 1.82) is 0 Å². The minimum Gasteiger partial charge on any atom is -0.456 e. The van der Waals surface area contributed by atoms with Crippen LogP contribution in [0.25, 0.3) is 61.4 Å². The zero-order chi connectivity index (χ0) is 39.3. The lowest BCUT2D eigenvalue weighted by Gasteiger charge is -2.12. The van der Waals surface area contributed by atoms with Crippen molar-refractivity contribution < 1.29 is 4.42 Å². The van der Waals surface area contributed by atoms with E-state index in [2.05, 4.69) is 98.4 Å². The van der Waals surface area contributed by atoms with Crippen LogP contribution in [0.3, 0.4) is 0 Å². The van der Waals surface area contributed by atoms with Crippen molar-refractivity contribution in [2.75, 3.05) is 0 Å². The number of hydrogen-bond acceptors (Lipinski definition) is 4. The maximum absolute atomic E-state index is 6.49. The summed E-state index contributed by atoms with van der Waals surface area (Å²) in [6.45, 7) is 6.49. The van der Waals surface area contributed by atoms with Crippen molar-refractivity contribution in [1.82, 2.24) is 9.97 Å². The Morgan fingerprint density at radius 3 is 1.93 bits per heavy atom. The molecule has 7 aromatic carbocycles. The lowest BCUT2D eigenvalue weighted by molar-refractivity contribution is 0.669. The van der Waals surface area contributed by atoms with Gasteiger partial charge in [0.05, 0.1) is 11.4 Å². The second kappa shape index (κ2) is 16.3. The number of fused-ring (bicyclic) bond motifs is 3. The highest BCUT2D eigenvalue weighted by Gasteiger charge is 2.18. The summed E-state index contributed by atoms with van der Waals surface area (Å²) in [5.41, 5.74) is 13.4. The molecule has 2 aromatic heterocycles. The van der Waals surface area contributed by atoms with E-state index in [1.54, 1.807) is 0 Å². The van der Waals surface area contributed by atoms with Gasteiger partial charge in [0.15, 0.2) is 11.7 Å². The van der Waals surface area contributed by atoms with Crippen LogP contribution in [0.2, 0.25) is 0 Å². The Bertz CT molecular complexity index is 2930. The van der Waals surface area contributed by atoms with Crippen LogP contribution >= 0.6 is 0 Å². The van der Waals surface area contributed by atoms with Gasteiger partial charge in [0.2, 0.25) is 0 Å². The lowest BCUT2D eigenvalue weighted by atomic mass is 9.97. The van der Waals surface area contributed by atoms with E-state index in [9.17, 15) is 0 Å². The molecule has 0 aliphatic heterocycles. The van der Waals surface area contributed by atoms with Crippen LogP contribution in [0, 0.1) is 0 Å². The van der Waals surface area contributed by atoms with Gasteiger partial charge in [0.25, 0.3) is 0 Å². The summed E-state index contributed by atoms with van der Waals surface area (Å²) in [6, 6.07) is 62.1. The first-order chi connectivity index (χ1) is 28.6. The molecule has 0 amide bonds. The van der Waals surface area contributed by atoms with Crippen molar-refractivity contribution in [3.05, 3.63) is 223 Å². The molecule has 0 fully saturated rings. The molecule has 9 rings (SSSR count). The van der Waals surface area contributed by atoms with E-state index >= 15 is 0 Å². The van der Waals surface area contributed by atoms with Crippen molar-refractivity contribution in [3.63, 3.8) is 0 Å². The van der Waals surface area contributed by atoms with Gasteiger partial charge in [-0.15, -0.1) is 0 Å². The molecule has 0 bridgehead atoms. The number of aromatic nitrogens is 2. The number of rotatable bonds is 10. The summed E-state index contributed by atoms with van der Waals surface area (Å²) in [6.07, 6.45) is 3.44. The van der Waals surface area contributed by atoms with Gasteiger partial charge in [-0.2, -0.15) is 0 Å². The third-order valence-electron chi connectivity index (χ3n) is 10.4. The van der Waals surface area contributed by atoms with Crippen LogP contribution in [0.15, 0.2) is 209 Å². The molecule has 0 radical (unpaired) electrons. The van der Waals surface area contributed by atoms with E-state index in [4.69, 9.17) is 24.4 Å². The first kappa shape index (κ1) is 36.2. The number of benzene rings is 7. The molecule has 0 N–H and O–H groups in total. The maximum atomic E-state index is 6.49. The number of amidine groups is 1. The van der Waals surface area contributed by atoms with E-state index in [0.717, 1.165) is 90.7 Å². The molecule has 58 heavy (non-hydrogen) atoms. The Morgan fingerprint density at radius 2 is 1.22 bits per heavy atom. The second-order valence-corrected chi connectivity index (χ2v) is 14.2. The first-order valence-electron chi connectivity index (χ1n) is 19.6. The molecular weight excluding hydrogens is 709 g/mol. The number of nitrogens with zero attached hydrogens (tertiary/aromatic N) is 4. The molecule has 0 spiro atoms. The Labute approximate surface area is 338 Å². The van der Waals surface area contributed by atoms with Crippen molar-refractivity contribution in [3.8, 4) is 33.8 Å². The summed E-state index contributed by atoms with van der Waals surface area (Å²) < 4.78 is 6.49. The minimum atomic E-state index is 0.587. The quantitative estimate of drug-likeness (QED) is 0.103. The smallest absolute Gasteiger partial charge is 0.160 e. The molecule has 5 nitrogen and oxygen atoms in total. The average molecular weight is 749 g/mol. The zero-order valence-electron chi connectivity index (χ0n) is 32.2. The van der Waals surface area contributed by atoms with Crippen molar-refractivity contribution in [2.24, 2.45) is 9.98 Å². The molecule has 0 aliphatic carbocycles. The summed E-state index contributed by atoms with van der Waals surface area (Å²) in [5, 5.41) is 1.95. The number of aliphatic imine (C=N–C) groups is 2. The van der Waals surface area contributed by atoms with E-state index in [1.807, 2.05) is 103 Å². The molecule has 5 heteroatoms. The van der Waals surface area contributed by atoms with Gasteiger partial charge in [0.1, 0.15) is 11.2 Å². The molecule has 2 heterocycles. The molecule has 0 saturated heterocycles. The van der Waals surface area contributed by atoms with E-state index < -0.39 is 0 Å². The van der Waals surface area contributed by atoms with Gasteiger partial charge >= 0.3 is 0 Å². The molecule has 9 aromatic rings. The average Bonchev–Trinajstić information content (AvgIpc) is 3.67. The Hall–Kier alpha value is -7.50. The number of furan rings is 1. The standard InChI is InChI=1S/C53H40N4O/c1-3-47(40-21-12-6-13-22-40)56-53(55-36(2)38-19-10-5-11-20-38)45-25-16-26-49-50(45)46-34-43(31-32-48(46)58-49)39-27-29-41(30-28-39)51-44(33-37-17-8-4-9-18-37)35-54-52(57-51)42-23-14-7-15-24-42/h4-32,34-35H,2-3,33H2,1H3. The molecule has 0 unspecified atom stereocenters. The van der Waals surface area contributed by atoms with Crippen LogP contribution in [-0.2, 0) is 6.42 Å². The third-order valence-corrected chi connectivity index (χ3v) is 10.4. The SMILES string of the molecule is C=C(N=C(N=C(CC)c1ccccc1)c1cccc2oc3ccc(-c4ccc(-c5nc(-c6ccccc6)ncc5Cc5ccccc5)cc4)cc3c12)c1ccccc1. The molecule has 278 valence electrons. The van der Waals surface area contributed by atoms with E-state index in [-0.39, 0.29) is 0 Å². The van der Waals surface area contributed by atoms with Gasteiger partial charge in [-0.3, -0.25) is 0 Å². The van der Waals surface area contributed by atoms with Gasteiger partial charge in [-0.25, -0.2) is 20.0 Å². The molecule has 0 saturated carbocycles. The van der Waals surface area contributed by atoms with Crippen molar-refractivity contribution in [2.45, 2.75) is 19.8 Å². The van der Waals surface area contributed by atoms with E-state index in [0.29, 0.717) is 17.4 Å². The summed E-state index contributed by atoms with van der Waals surface area (Å²) in [7, 11) is 0.